The second kappa shape index (κ2) is 5.45. The average molecular weight is 269 g/mol. The van der Waals surface area contributed by atoms with E-state index in [0.29, 0.717) is 22.7 Å². The Bertz CT molecular complexity index is 511. The standard InChI is InChI=1S/C12H10Cl2N2O/c1-17-7-8-4-2-3-5-9(8)12-15-10(13)6-11(14)16-12/h2-6H,7H2,1H3. The highest BCUT2D eigenvalue weighted by molar-refractivity contribution is 6.33. The van der Waals surface area contributed by atoms with Crippen LogP contribution in [0.2, 0.25) is 10.3 Å². The first-order valence-corrected chi connectivity index (χ1v) is 5.73. The van der Waals surface area contributed by atoms with Crippen LogP contribution in [0.1, 0.15) is 5.56 Å². The van der Waals surface area contributed by atoms with E-state index in [-0.39, 0.29) is 0 Å². The highest BCUT2D eigenvalue weighted by Gasteiger charge is 2.09. The normalized spacial score (nSPS) is 10.5. The number of rotatable bonds is 3. The number of hydrogen-bond donors (Lipinski definition) is 0. The van der Waals surface area contributed by atoms with E-state index in [4.69, 9.17) is 27.9 Å². The van der Waals surface area contributed by atoms with Crippen molar-refractivity contribution in [3.8, 4) is 11.4 Å². The van der Waals surface area contributed by atoms with Crippen molar-refractivity contribution in [2.75, 3.05) is 7.11 Å². The highest BCUT2D eigenvalue weighted by atomic mass is 35.5. The Labute approximate surface area is 109 Å². The Morgan fingerprint density at radius 3 is 2.41 bits per heavy atom. The molecule has 0 atom stereocenters. The van der Waals surface area contributed by atoms with Crippen LogP contribution >= 0.6 is 23.2 Å². The summed E-state index contributed by atoms with van der Waals surface area (Å²) in [4.78, 5) is 8.32. The van der Waals surface area contributed by atoms with Gasteiger partial charge in [0.15, 0.2) is 5.82 Å². The molecule has 17 heavy (non-hydrogen) atoms. The Balaban J connectivity index is 2.51. The number of nitrogens with zero attached hydrogens (tertiary/aromatic N) is 2. The van der Waals surface area contributed by atoms with Crippen LogP contribution in [0.25, 0.3) is 11.4 Å². The summed E-state index contributed by atoms with van der Waals surface area (Å²) in [6, 6.07) is 9.22. The summed E-state index contributed by atoms with van der Waals surface area (Å²) in [6.07, 6.45) is 0. The first kappa shape index (κ1) is 12.3. The van der Waals surface area contributed by atoms with Gasteiger partial charge in [0, 0.05) is 18.7 Å². The molecule has 5 heteroatoms. The van der Waals surface area contributed by atoms with E-state index in [9.17, 15) is 0 Å². The Morgan fingerprint density at radius 1 is 1.12 bits per heavy atom. The fraction of sp³-hybridized carbons (Fsp3) is 0.167. The predicted molar refractivity (Wildman–Crippen MR) is 68.2 cm³/mol. The van der Waals surface area contributed by atoms with E-state index in [1.54, 1.807) is 7.11 Å². The second-order valence-corrected chi connectivity index (χ2v) is 4.20. The Kier molecular flexibility index (Phi) is 3.94. The van der Waals surface area contributed by atoms with E-state index in [0.717, 1.165) is 11.1 Å². The lowest BCUT2D eigenvalue weighted by molar-refractivity contribution is 0.185. The molecule has 0 aliphatic heterocycles. The van der Waals surface area contributed by atoms with E-state index in [2.05, 4.69) is 9.97 Å². The first-order chi connectivity index (χ1) is 8.20. The van der Waals surface area contributed by atoms with Crippen LogP contribution in [-0.2, 0) is 11.3 Å². The van der Waals surface area contributed by atoms with Crippen LogP contribution in [0.5, 0.6) is 0 Å². The largest absolute Gasteiger partial charge is 0.380 e. The molecule has 2 rings (SSSR count). The van der Waals surface area contributed by atoms with E-state index >= 15 is 0 Å². The van der Waals surface area contributed by atoms with Crippen molar-refractivity contribution >= 4 is 23.2 Å². The van der Waals surface area contributed by atoms with Crippen LogP contribution < -0.4 is 0 Å². The van der Waals surface area contributed by atoms with Crippen molar-refractivity contribution in [3.05, 3.63) is 46.2 Å². The maximum atomic E-state index is 5.86. The molecule has 0 fully saturated rings. The number of aromatic nitrogens is 2. The maximum absolute atomic E-state index is 5.86. The van der Waals surface area contributed by atoms with Gasteiger partial charge in [-0.25, -0.2) is 9.97 Å². The molecule has 88 valence electrons. The van der Waals surface area contributed by atoms with Gasteiger partial charge >= 0.3 is 0 Å². The van der Waals surface area contributed by atoms with E-state index in [1.165, 1.54) is 6.07 Å². The predicted octanol–water partition coefficient (Wildman–Crippen LogP) is 3.60. The smallest absolute Gasteiger partial charge is 0.162 e. The summed E-state index contributed by atoms with van der Waals surface area (Å²) in [5, 5.41) is 0.652. The molecule has 0 aliphatic rings. The molecule has 0 bridgehead atoms. The quantitative estimate of drug-likeness (QED) is 0.798. The van der Waals surface area contributed by atoms with Gasteiger partial charge in [0.05, 0.1) is 6.61 Å². The summed E-state index contributed by atoms with van der Waals surface area (Å²) in [5.41, 5.74) is 1.87. The minimum Gasteiger partial charge on any atom is -0.380 e. The van der Waals surface area contributed by atoms with E-state index in [1.807, 2.05) is 24.3 Å². The van der Waals surface area contributed by atoms with Gasteiger partial charge < -0.3 is 4.74 Å². The third-order valence-corrected chi connectivity index (χ3v) is 2.61. The molecule has 2 aromatic rings. The summed E-state index contributed by atoms with van der Waals surface area (Å²) in [7, 11) is 1.64. The zero-order valence-corrected chi connectivity index (χ0v) is 10.7. The fourth-order valence-electron chi connectivity index (χ4n) is 1.53. The molecule has 1 aromatic heterocycles. The third-order valence-electron chi connectivity index (χ3n) is 2.22. The van der Waals surface area contributed by atoms with Crippen LogP contribution in [0.15, 0.2) is 30.3 Å². The van der Waals surface area contributed by atoms with Crippen molar-refractivity contribution in [1.82, 2.24) is 9.97 Å². The average Bonchev–Trinajstić information content (AvgIpc) is 2.29. The molecule has 0 amide bonds. The van der Waals surface area contributed by atoms with Gasteiger partial charge in [-0.3, -0.25) is 0 Å². The Hall–Kier alpha value is -1.16. The summed E-state index contributed by atoms with van der Waals surface area (Å²) in [5.74, 6) is 0.509. The van der Waals surface area contributed by atoms with E-state index < -0.39 is 0 Å². The molecule has 1 aromatic carbocycles. The van der Waals surface area contributed by atoms with Gasteiger partial charge in [0.1, 0.15) is 10.3 Å². The van der Waals surface area contributed by atoms with Crippen LogP contribution in [0.4, 0.5) is 0 Å². The molecule has 0 aliphatic carbocycles. The number of methoxy groups -OCH3 is 1. The van der Waals surface area contributed by atoms with Crippen molar-refractivity contribution in [3.63, 3.8) is 0 Å². The third kappa shape index (κ3) is 2.94. The maximum Gasteiger partial charge on any atom is 0.162 e. The lowest BCUT2D eigenvalue weighted by Crippen LogP contribution is -1.96. The first-order valence-electron chi connectivity index (χ1n) is 4.98. The summed E-state index contributed by atoms with van der Waals surface area (Å²) in [6.45, 7) is 0.490. The van der Waals surface area contributed by atoms with Gasteiger partial charge in [0.2, 0.25) is 0 Å². The lowest BCUT2D eigenvalue weighted by atomic mass is 10.1. The van der Waals surface area contributed by atoms with Crippen LogP contribution in [0.3, 0.4) is 0 Å². The van der Waals surface area contributed by atoms with Crippen LogP contribution in [-0.4, -0.2) is 17.1 Å². The van der Waals surface area contributed by atoms with Crippen molar-refractivity contribution in [2.24, 2.45) is 0 Å². The zero-order valence-electron chi connectivity index (χ0n) is 9.15. The zero-order chi connectivity index (χ0) is 12.3. The number of benzene rings is 1. The van der Waals surface area contributed by atoms with Gasteiger partial charge in [-0.1, -0.05) is 47.5 Å². The molecule has 0 saturated heterocycles. The number of ether oxygens (including phenoxy) is 1. The SMILES string of the molecule is COCc1ccccc1-c1nc(Cl)cc(Cl)n1. The molecule has 1 heterocycles. The topological polar surface area (TPSA) is 35.0 Å². The van der Waals surface area contributed by atoms with Crippen LogP contribution in [0, 0.1) is 0 Å². The monoisotopic (exact) mass is 268 g/mol. The molecule has 0 saturated carbocycles. The van der Waals surface area contributed by atoms with Crippen molar-refractivity contribution in [1.29, 1.82) is 0 Å². The second-order valence-electron chi connectivity index (χ2n) is 3.43. The molecule has 0 radical (unpaired) electrons. The molecule has 0 N–H and O–H groups in total. The van der Waals surface area contributed by atoms with Crippen molar-refractivity contribution < 1.29 is 4.74 Å². The van der Waals surface area contributed by atoms with Gasteiger partial charge in [-0.2, -0.15) is 0 Å². The Morgan fingerprint density at radius 2 is 1.76 bits per heavy atom. The highest BCUT2D eigenvalue weighted by Crippen LogP contribution is 2.24. The molecular weight excluding hydrogens is 259 g/mol. The minimum atomic E-state index is 0.326. The minimum absolute atomic E-state index is 0.326. The van der Waals surface area contributed by atoms with Gasteiger partial charge in [-0.05, 0) is 5.56 Å². The molecule has 3 nitrogen and oxygen atoms in total. The molecule has 0 spiro atoms. The summed E-state index contributed by atoms with van der Waals surface area (Å²) < 4.78 is 5.13. The lowest BCUT2D eigenvalue weighted by Gasteiger charge is -2.07. The van der Waals surface area contributed by atoms with Gasteiger partial charge in [0.25, 0.3) is 0 Å². The molecular formula is C12H10Cl2N2O. The number of halogens is 2. The van der Waals surface area contributed by atoms with Gasteiger partial charge in [-0.15, -0.1) is 0 Å². The summed E-state index contributed by atoms with van der Waals surface area (Å²) >= 11 is 11.7. The fourth-order valence-corrected chi connectivity index (χ4v) is 1.95. The number of hydrogen-bond acceptors (Lipinski definition) is 3. The van der Waals surface area contributed by atoms with Crippen molar-refractivity contribution in [2.45, 2.75) is 6.61 Å². The molecule has 0 unspecified atom stereocenters.